The van der Waals surface area contributed by atoms with Crippen molar-refractivity contribution >= 4 is 11.6 Å². The Balaban J connectivity index is 1.80. The van der Waals surface area contributed by atoms with Gasteiger partial charge in [0, 0.05) is 18.7 Å². The molecule has 0 spiro atoms. The minimum atomic E-state index is -0.405. The second-order valence-corrected chi connectivity index (χ2v) is 4.97. The van der Waals surface area contributed by atoms with Gasteiger partial charge in [0.25, 0.3) is 5.69 Å². The average molecular weight is 277 g/mol. The molecule has 1 unspecified atom stereocenters. The fourth-order valence-corrected chi connectivity index (χ4v) is 2.31. The lowest BCUT2D eigenvalue weighted by Gasteiger charge is -2.14. The van der Waals surface area contributed by atoms with Crippen LogP contribution in [0.5, 0.6) is 0 Å². The third-order valence-corrected chi connectivity index (χ3v) is 3.49. The molecule has 2 rings (SSSR count). The number of hydrogen-bond acceptors (Lipinski definition) is 4. The van der Waals surface area contributed by atoms with Gasteiger partial charge in [-0.25, -0.2) is 0 Å². The number of nitro benzene ring substituents is 1. The molecule has 1 amide bonds. The largest absolute Gasteiger partial charge is 0.355 e. The molecule has 1 aromatic carbocycles. The molecule has 0 saturated carbocycles. The van der Waals surface area contributed by atoms with Gasteiger partial charge in [-0.1, -0.05) is 12.1 Å². The van der Waals surface area contributed by atoms with Crippen molar-refractivity contribution in [1.29, 1.82) is 0 Å². The molecule has 2 N–H and O–H groups in total. The van der Waals surface area contributed by atoms with E-state index in [0.717, 1.165) is 37.8 Å². The number of carbonyl (C=O) groups excluding carboxylic acids is 1. The highest BCUT2D eigenvalue weighted by molar-refractivity contribution is 5.81. The molecule has 0 bridgehead atoms. The summed E-state index contributed by atoms with van der Waals surface area (Å²) in [5, 5.41) is 16.7. The van der Waals surface area contributed by atoms with Crippen LogP contribution in [0.25, 0.3) is 0 Å². The van der Waals surface area contributed by atoms with E-state index < -0.39 is 4.92 Å². The van der Waals surface area contributed by atoms with Gasteiger partial charge < -0.3 is 10.6 Å². The zero-order valence-electron chi connectivity index (χ0n) is 11.3. The normalized spacial score (nSPS) is 19.2. The summed E-state index contributed by atoms with van der Waals surface area (Å²) in [5.74, 6) is 0.0752. The van der Waals surface area contributed by atoms with Gasteiger partial charge >= 0.3 is 0 Å². The molecular weight excluding hydrogens is 258 g/mol. The molecule has 1 fully saturated rings. The van der Waals surface area contributed by atoms with Crippen molar-refractivity contribution in [3.8, 4) is 0 Å². The summed E-state index contributed by atoms with van der Waals surface area (Å²) < 4.78 is 0. The standard InChI is InChI=1S/C14H19N3O3/c18-14-13(3-1-2-9-16-14)15-10-8-11-4-6-12(7-5-11)17(19)20/h4-7,13,15H,1-3,8-10H2,(H,16,18). The maximum Gasteiger partial charge on any atom is 0.269 e. The lowest BCUT2D eigenvalue weighted by molar-refractivity contribution is -0.384. The molecule has 1 atom stereocenters. The Bertz CT molecular complexity index is 473. The highest BCUT2D eigenvalue weighted by Crippen LogP contribution is 2.12. The maximum atomic E-state index is 11.7. The Morgan fingerprint density at radius 3 is 2.75 bits per heavy atom. The van der Waals surface area contributed by atoms with Crippen LogP contribution >= 0.6 is 0 Å². The fourth-order valence-electron chi connectivity index (χ4n) is 2.31. The minimum absolute atomic E-state index is 0.0752. The van der Waals surface area contributed by atoms with Gasteiger partial charge in [0.15, 0.2) is 0 Å². The number of non-ortho nitro benzene ring substituents is 1. The first-order chi connectivity index (χ1) is 9.66. The second kappa shape index (κ2) is 7.00. The number of nitro groups is 1. The van der Waals surface area contributed by atoms with E-state index in [1.807, 2.05) is 0 Å². The number of nitrogens with one attached hydrogen (secondary N) is 2. The Labute approximate surface area is 117 Å². The van der Waals surface area contributed by atoms with Crippen LogP contribution in [0.2, 0.25) is 0 Å². The van der Waals surface area contributed by atoms with E-state index in [1.54, 1.807) is 12.1 Å². The highest BCUT2D eigenvalue weighted by atomic mass is 16.6. The van der Waals surface area contributed by atoms with Crippen molar-refractivity contribution in [2.24, 2.45) is 0 Å². The minimum Gasteiger partial charge on any atom is -0.355 e. The fraction of sp³-hybridized carbons (Fsp3) is 0.500. The summed E-state index contributed by atoms with van der Waals surface area (Å²) in [6.07, 6.45) is 3.70. The summed E-state index contributed by atoms with van der Waals surface area (Å²) in [5.41, 5.74) is 1.13. The molecule has 0 radical (unpaired) electrons. The van der Waals surface area contributed by atoms with Crippen LogP contribution in [0, 0.1) is 10.1 Å². The molecule has 0 aromatic heterocycles. The summed E-state index contributed by atoms with van der Waals surface area (Å²) in [4.78, 5) is 21.9. The van der Waals surface area contributed by atoms with Crippen LogP contribution in [0.15, 0.2) is 24.3 Å². The van der Waals surface area contributed by atoms with E-state index in [4.69, 9.17) is 0 Å². The summed E-state index contributed by atoms with van der Waals surface area (Å²) in [6, 6.07) is 6.41. The number of amides is 1. The average Bonchev–Trinajstić information content (AvgIpc) is 2.65. The molecule has 1 aromatic rings. The zero-order chi connectivity index (χ0) is 14.4. The van der Waals surface area contributed by atoms with Crippen molar-refractivity contribution < 1.29 is 9.72 Å². The van der Waals surface area contributed by atoms with E-state index in [-0.39, 0.29) is 17.6 Å². The Morgan fingerprint density at radius 1 is 1.30 bits per heavy atom. The quantitative estimate of drug-likeness (QED) is 0.629. The Kier molecular flexibility index (Phi) is 5.06. The number of nitrogens with zero attached hydrogens (tertiary/aromatic N) is 1. The summed E-state index contributed by atoms with van der Waals surface area (Å²) in [7, 11) is 0. The molecule has 1 saturated heterocycles. The first-order valence-electron chi connectivity index (χ1n) is 6.91. The highest BCUT2D eigenvalue weighted by Gasteiger charge is 2.19. The van der Waals surface area contributed by atoms with E-state index in [1.165, 1.54) is 12.1 Å². The van der Waals surface area contributed by atoms with Crippen LogP contribution in [0.1, 0.15) is 24.8 Å². The van der Waals surface area contributed by atoms with Gasteiger partial charge in [0.1, 0.15) is 0 Å². The Morgan fingerprint density at radius 2 is 2.05 bits per heavy atom. The topological polar surface area (TPSA) is 84.3 Å². The first kappa shape index (κ1) is 14.5. The molecule has 6 heteroatoms. The molecule has 1 aliphatic rings. The number of benzene rings is 1. The molecule has 20 heavy (non-hydrogen) atoms. The van der Waals surface area contributed by atoms with E-state index in [9.17, 15) is 14.9 Å². The van der Waals surface area contributed by atoms with E-state index >= 15 is 0 Å². The predicted molar refractivity (Wildman–Crippen MR) is 75.5 cm³/mol. The molecule has 0 aliphatic carbocycles. The monoisotopic (exact) mass is 277 g/mol. The molecule has 1 heterocycles. The summed E-state index contributed by atoms with van der Waals surface area (Å²) >= 11 is 0. The van der Waals surface area contributed by atoms with Crippen LogP contribution < -0.4 is 10.6 Å². The van der Waals surface area contributed by atoms with Gasteiger partial charge in [-0.05, 0) is 37.8 Å². The van der Waals surface area contributed by atoms with Crippen LogP contribution in [0.3, 0.4) is 0 Å². The van der Waals surface area contributed by atoms with Gasteiger partial charge in [0.05, 0.1) is 11.0 Å². The lowest BCUT2D eigenvalue weighted by atomic mass is 10.1. The number of hydrogen-bond donors (Lipinski definition) is 2. The van der Waals surface area contributed by atoms with Crippen LogP contribution in [-0.2, 0) is 11.2 Å². The van der Waals surface area contributed by atoms with Gasteiger partial charge in [-0.15, -0.1) is 0 Å². The molecule has 1 aliphatic heterocycles. The van der Waals surface area contributed by atoms with Gasteiger partial charge in [0.2, 0.25) is 5.91 Å². The van der Waals surface area contributed by atoms with Crippen molar-refractivity contribution in [3.05, 3.63) is 39.9 Å². The van der Waals surface area contributed by atoms with Crippen molar-refractivity contribution in [2.45, 2.75) is 31.7 Å². The van der Waals surface area contributed by atoms with Crippen molar-refractivity contribution in [2.75, 3.05) is 13.1 Å². The van der Waals surface area contributed by atoms with Crippen LogP contribution in [-0.4, -0.2) is 30.0 Å². The summed E-state index contributed by atoms with van der Waals surface area (Å²) in [6.45, 7) is 1.45. The van der Waals surface area contributed by atoms with E-state index in [2.05, 4.69) is 10.6 Å². The SMILES string of the molecule is O=C1NCCCCC1NCCc1ccc([N+](=O)[O-])cc1. The second-order valence-electron chi connectivity index (χ2n) is 4.97. The van der Waals surface area contributed by atoms with Crippen molar-refractivity contribution in [3.63, 3.8) is 0 Å². The maximum absolute atomic E-state index is 11.7. The first-order valence-corrected chi connectivity index (χ1v) is 6.91. The van der Waals surface area contributed by atoms with Crippen LogP contribution in [0.4, 0.5) is 5.69 Å². The number of carbonyl (C=O) groups is 1. The lowest BCUT2D eigenvalue weighted by Crippen LogP contribution is -2.43. The smallest absolute Gasteiger partial charge is 0.269 e. The number of rotatable bonds is 5. The van der Waals surface area contributed by atoms with Gasteiger partial charge in [-0.2, -0.15) is 0 Å². The predicted octanol–water partition coefficient (Wildman–Crippen LogP) is 1.40. The van der Waals surface area contributed by atoms with Gasteiger partial charge in [-0.3, -0.25) is 14.9 Å². The van der Waals surface area contributed by atoms with E-state index in [0.29, 0.717) is 6.54 Å². The van der Waals surface area contributed by atoms with Crippen molar-refractivity contribution in [1.82, 2.24) is 10.6 Å². The molecule has 108 valence electrons. The molecule has 6 nitrogen and oxygen atoms in total. The molecular formula is C14H19N3O3. The third-order valence-electron chi connectivity index (χ3n) is 3.49. The Hall–Kier alpha value is -1.95. The zero-order valence-corrected chi connectivity index (χ0v) is 11.3. The third kappa shape index (κ3) is 4.03.